The standard InChI is InChI=1S/C29H29BrF3N3O5S/c1-18(34-15-27(37)21-3-2-4-23(30)13-21)11-20-7-10-25-22(12-20)14-26(28(38)39)36(25)16-19-5-8-24(9-6-19)35-17-42(40,41)29(31,32)33/h2-10,12-14,18,27,34-35,37H,11,15-17H2,1H3,(H,38,39). The molecule has 1 heterocycles. The van der Waals surface area contributed by atoms with Crippen molar-refractivity contribution < 1.29 is 36.6 Å². The molecule has 2 unspecified atom stereocenters. The zero-order valence-electron chi connectivity index (χ0n) is 22.4. The molecule has 4 aromatic rings. The molecule has 0 aliphatic rings. The largest absolute Gasteiger partial charge is 0.499 e. The SMILES string of the molecule is CC(Cc1ccc2c(c1)cc(C(=O)O)n2Cc1ccc(NCS(=O)(=O)C(F)(F)F)cc1)NCC(O)c1cccc(Br)c1. The number of aromatic nitrogens is 1. The van der Waals surface area contributed by atoms with Crippen molar-refractivity contribution in [1.29, 1.82) is 0 Å². The summed E-state index contributed by atoms with van der Waals surface area (Å²) >= 11 is 3.41. The number of aliphatic hydroxyl groups is 1. The molecule has 0 amide bonds. The molecule has 3 aromatic carbocycles. The van der Waals surface area contributed by atoms with Gasteiger partial charge in [0.1, 0.15) is 11.6 Å². The molecule has 0 saturated carbocycles. The lowest BCUT2D eigenvalue weighted by Gasteiger charge is -2.18. The van der Waals surface area contributed by atoms with E-state index in [4.69, 9.17) is 0 Å². The van der Waals surface area contributed by atoms with Gasteiger partial charge in [-0.3, -0.25) is 0 Å². The van der Waals surface area contributed by atoms with Gasteiger partial charge in [0.05, 0.1) is 6.10 Å². The average Bonchev–Trinajstić information content (AvgIpc) is 3.28. The van der Waals surface area contributed by atoms with Gasteiger partial charge in [0, 0.05) is 40.2 Å². The molecular weight excluding hydrogens is 639 g/mol. The van der Waals surface area contributed by atoms with Gasteiger partial charge in [-0.25, -0.2) is 13.2 Å². The van der Waals surface area contributed by atoms with E-state index in [1.807, 2.05) is 49.4 Å². The van der Waals surface area contributed by atoms with Crippen LogP contribution in [0.25, 0.3) is 10.9 Å². The van der Waals surface area contributed by atoms with Gasteiger partial charge in [0.25, 0.3) is 9.84 Å². The quantitative estimate of drug-likeness (QED) is 0.153. The van der Waals surface area contributed by atoms with Crippen molar-refractivity contribution in [2.45, 2.75) is 37.5 Å². The molecule has 13 heteroatoms. The normalized spacial score (nSPS) is 13.7. The van der Waals surface area contributed by atoms with Crippen LogP contribution in [0.2, 0.25) is 0 Å². The number of carboxylic acid groups (broad SMARTS) is 1. The van der Waals surface area contributed by atoms with E-state index < -0.39 is 33.3 Å². The van der Waals surface area contributed by atoms with Gasteiger partial charge in [0.2, 0.25) is 0 Å². The molecule has 8 nitrogen and oxygen atoms in total. The minimum absolute atomic E-state index is 0.0310. The van der Waals surface area contributed by atoms with Gasteiger partial charge in [-0.05, 0) is 72.5 Å². The van der Waals surface area contributed by atoms with Crippen LogP contribution in [0.15, 0.2) is 77.3 Å². The highest BCUT2D eigenvalue weighted by molar-refractivity contribution is 9.10. The number of nitrogens with one attached hydrogen (secondary N) is 2. The Morgan fingerprint density at radius 2 is 1.71 bits per heavy atom. The average molecular weight is 669 g/mol. The molecule has 0 aliphatic carbocycles. The van der Waals surface area contributed by atoms with Crippen molar-refractivity contribution in [2.24, 2.45) is 0 Å². The van der Waals surface area contributed by atoms with Crippen LogP contribution in [0, 0.1) is 0 Å². The fourth-order valence-electron chi connectivity index (χ4n) is 4.54. The Labute approximate surface area is 249 Å². The van der Waals surface area contributed by atoms with E-state index in [1.165, 1.54) is 12.1 Å². The van der Waals surface area contributed by atoms with Gasteiger partial charge in [0.15, 0.2) is 0 Å². The lowest BCUT2D eigenvalue weighted by atomic mass is 10.0. The number of hydrogen-bond acceptors (Lipinski definition) is 6. The van der Waals surface area contributed by atoms with Crippen LogP contribution in [-0.2, 0) is 22.8 Å². The van der Waals surface area contributed by atoms with Crippen molar-refractivity contribution >= 4 is 48.3 Å². The second kappa shape index (κ2) is 12.9. The number of sulfone groups is 1. The predicted molar refractivity (Wildman–Crippen MR) is 158 cm³/mol. The number of nitrogens with zero attached hydrogens (tertiary/aromatic N) is 1. The third kappa shape index (κ3) is 7.71. The lowest BCUT2D eigenvalue weighted by Crippen LogP contribution is -2.32. The summed E-state index contributed by atoms with van der Waals surface area (Å²) in [7, 11) is -5.32. The number of anilines is 1. The zero-order valence-corrected chi connectivity index (χ0v) is 24.8. The number of aromatic carboxylic acids is 1. The summed E-state index contributed by atoms with van der Waals surface area (Å²) in [5, 5.41) is 26.7. The minimum atomic E-state index is -5.35. The highest BCUT2D eigenvalue weighted by Gasteiger charge is 2.45. The van der Waals surface area contributed by atoms with E-state index in [9.17, 15) is 36.6 Å². The van der Waals surface area contributed by atoms with Crippen LogP contribution < -0.4 is 10.6 Å². The van der Waals surface area contributed by atoms with Gasteiger partial charge >= 0.3 is 11.5 Å². The van der Waals surface area contributed by atoms with Gasteiger partial charge in [-0.2, -0.15) is 13.2 Å². The third-order valence-electron chi connectivity index (χ3n) is 6.73. The van der Waals surface area contributed by atoms with Crippen LogP contribution in [-0.4, -0.2) is 53.1 Å². The number of aliphatic hydroxyl groups excluding tert-OH is 1. The molecule has 42 heavy (non-hydrogen) atoms. The first-order valence-corrected chi connectivity index (χ1v) is 15.3. The highest BCUT2D eigenvalue weighted by atomic mass is 79.9. The molecule has 4 rings (SSSR count). The number of rotatable bonds is 12. The molecule has 1 aromatic heterocycles. The summed E-state index contributed by atoms with van der Waals surface area (Å²) in [5.74, 6) is -2.40. The lowest BCUT2D eigenvalue weighted by molar-refractivity contribution is -0.0433. The van der Waals surface area contributed by atoms with E-state index in [-0.39, 0.29) is 24.0 Å². The topological polar surface area (TPSA) is 121 Å². The molecule has 0 spiro atoms. The predicted octanol–water partition coefficient (Wildman–Crippen LogP) is 5.71. The Morgan fingerprint density at radius 3 is 2.36 bits per heavy atom. The summed E-state index contributed by atoms with van der Waals surface area (Å²) in [5.41, 5.74) is -1.95. The van der Waals surface area contributed by atoms with E-state index in [0.717, 1.165) is 21.0 Å². The maximum atomic E-state index is 12.6. The van der Waals surface area contributed by atoms with Gasteiger partial charge < -0.3 is 25.4 Å². The molecule has 4 N–H and O–H groups in total. The van der Waals surface area contributed by atoms with Crippen LogP contribution in [0.5, 0.6) is 0 Å². The summed E-state index contributed by atoms with van der Waals surface area (Å²) in [6, 6.07) is 20.8. The van der Waals surface area contributed by atoms with Crippen LogP contribution in [0.1, 0.15) is 40.2 Å². The second-order valence-corrected chi connectivity index (χ2v) is 12.9. The maximum Gasteiger partial charge on any atom is 0.499 e. The van der Waals surface area contributed by atoms with Crippen molar-refractivity contribution in [3.05, 3.63) is 99.7 Å². The summed E-state index contributed by atoms with van der Waals surface area (Å²) < 4.78 is 62.8. The van der Waals surface area contributed by atoms with E-state index >= 15 is 0 Å². The van der Waals surface area contributed by atoms with Crippen molar-refractivity contribution in [1.82, 2.24) is 9.88 Å². The Balaban J connectivity index is 1.43. The molecule has 0 aliphatic heterocycles. The van der Waals surface area contributed by atoms with Crippen molar-refractivity contribution in [3.63, 3.8) is 0 Å². The fourth-order valence-corrected chi connectivity index (χ4v) is 5.47. The molecule has 2 atom stereocenters. The molecule has 0 bridgehead atoms. The van der Waals surface area contributed by atoms with Crippen LogP contribution >= 0.6 is 15.9 Å². The van der Waals surface area contributed by atoms with Gasteiger partial charge in [-0.15, -0.1) is 0 Å². The zero-order chi connectivity index (χ0) is 30.7. The number of fused-ring (bicyclic) bond motifs is 1. The Kier molecular flexibility index (Phi) is 9.66. The van der Waals surface area contributed by atoms with Gasteiger partial charge in [-0.1, -0.05) is 46.3 Å². The summed E-state index contributed by atoms with van der Waals surface area (Å²) in [6.07, 6.45) is -0.0230. The summed E-state index contributed by atoms with van der Waals surface area (Å²) in [4.78, 5) is 12.0. The highest BCUT2D eigenvalue weighted by Crippen LogP contribution is 2.26. The number of hydrogen-bond donors (Lipinski definition) is 4. The van der Waals surface area contributed by atoms with E-state index in [1.54, 1.807) is 22.8 Å². The van der Waals surface area contributed by atoms with Crippen LogP contribution in [0.4, 0.5) is 18.9 Å². The fraction of sp³-hybridized carbons (Fsp3) is 0.276. The second-order valence-electron chi connectivity index (χ2n) is 9.98. The Morgan fingerprint density at radius 1 is 1.02 bits per heavy atom. The monoisotopic (exact) mass is 667 g/mol. The van der Waals surface area contributed by atoms with E-state index in [2.05, 4.69) is 26.6 Å². The van der Waals surface area contributed by atoms with Crippen LogP contribution in [0.3, 0.4) is 0 Å². The number of alkyl halides is 3. The third-order valence-corrected chi connectivity index (χ3v) is 8.46. The number of carbonyl (C=O) groups is 1. The van der Waals surface area contributed by atoms with E-state index in [0.29, 0.717) is 24.0 Å². The number of halogens is 4. The molecule has 0 radical (unpaired) electrons. The number of carboxylic acids is 1. The van der Waals surface area contributed by atoms with Crippen molar-refractivity contribution in [2.75, 3.05) is 17.7 Å². The summed E-state index contributed by atoms with van der Waals surface area (Å²) in [6.45, 7) is 2.55. The first kappa shape index (κ1) is 31.5. The molecule has 0 saturated heterocycles. The Bertz CT molecular complexity index is 1670. The minimum Gasteiger partial charge on any atom is -0.477 e. The smallest absolute Gasteiger partial charge is 0.477 e. The maximum absolute atomic E-state index is 12.6. The number of benzene rings is 3. The molecular formula is C29H29BrF3N3O5S. The molecule has 0 fully saturated rings. The van der Waals surface area contributed by atoms with Crippen molar-refractivity contribution in [3.8, 4) is 0 Å². The Hall–Kier alpha value is -3.39. The first-order chi connectivity index (χ1) is 19.7. The first-order valence-electron chi connectivity index (χ1n) is 12.9. The molecule has 224 valence electrons.